The lowest BCUT2D eigenvalue weighted by molar-refractivity contribution is -0.329. The van der Waals surface area contributed by atoms with E-state index in [1.54, 1.807) is 55.4 Å². The predicted molar refractivity (Wildman–Crippen MR) is 188 cm³/mol. The number of hydrogen-bond donors (Lipinski definition) is 10. The van der Waals surface area contributed by atoms with Crippen LogP contribution in [0.15, 0.2) is 0 Å². The Morgan fingerprint density at radius 1 is 0.661 bits per heavy atom. The number of fused-ring (bicyclic) bond motifs is 1. The summed E-state index contributed by atoms with van der Waals surface area (Å²) in [5.41, 5.74) is -1.64. The number of rotatable bonds is 16. The lowest BCUT2D eigenvalue weighted by atomic mass is 9.81. The van der Waals surface area contributed by atoms with Crippen LogP contribution in [0.3, 0.4) is 0 Å². The van der Waals surface area contributed by atoms with Crippen LogP contribution in [-0.4, -0.2) is 205 Å². The van der Waals surface area contributed by atoms with E-state index in [-0.39, 0.29) is 13.0 Å². The van der Waals surface area contributed by atoms with E-state index in [1.807, 2.05) is 0 Å². The lowest BCUT2D eigenvalue weighted by Crippen LogP contribution is -2.63. The molecule has 4 aliphatic heterocycles. The van der Waals surface area contributed by atoms with Crippen LogP contribution >= 0.6 is 0 Å². The van der Waals surface area contributed by atoms with Gasteiger partial charge >= 0.3 is 0 Å². The third kappa shape index (κ3) is 12.2. The summed E-state index contributed by atoms with van der Waals surface area (Å²) in [7, 11) is 0. The minimum absolute atomic E-state index is 0.232. The first-order valence-corrected chi connectivity index (χ1v) is 19.1. The molecule has 0 aliphatic carbocycles. The first-order valence-electron chi connectivity index (χ1n) is 19.1. The van der Waals surface area contributed by atoms with Gasteiger partial charge in [-0.3, -0.25) is 0 Å². The van der Waals surface area contributed by atoms with Gasteiger partial charge in [0.2, 0.25) is 12.6 Å². The van der Waals surface area contributed by atoms with Gasteiger partial charge in [-0.2, -0.15) is 0 Å². The van der Waals surface area contributed by atoms with E-state index in [9.17, 15) is 51.1 Å². The molecule has 20 nitrogen and oxygen atoms in total. The molecule has 0 saturated carbocycles. The fourth-order valence-electron chi connectivity index (χ4n) is 7.23. The lowest BCUT2D eigenvalue weighted by Gasteiger charge is -2.47. The molecule has 4 heterocycles. The molecular weight excluding hydrogens is 752 g/mol. The smallest absolute Gasteiger partial charge is 0.209 e. The SMILES string of the molecule is C[C@H](O)C(COC1OC(CO)C(O)C(CC2OC(COC3OC(CO)C(O)C(OC(C)(C)C)C3O)C3OC(C)(C)OC3C2O)C1O)OC(OC(C)(C)C)C(O)O. The van der Waals surface area contributed by atoms with Crippen molar-refractivity contribution in [2.24, 2.45) is 5.92 Å². The molecule has 56 heavy (non-hydrogen) atoms. The summed E-state index contributed by atoms with van der Waals surface area (Å²) in [5, 5.41) is 106. The van der Waals surface area contributed by atoms with Crippen molar-refractivity contribution in [2.45, 2.75) is 196 Å². The monoisotopic (exact) mass is 818 g/mol. The molecule has 0 radical (unpaired) electrons. The minimum atomic E-state index is -2.08. The average Bonchev–Trinajstić information content (AvgIpc) is 3.42. The molecule has 0 aromatic rings. The van der Waals surface area contributed by atoms with Gasteiger partial charge in [0, 0.05) is 5.92 Å². The van der Waals surface area contributed by atoms with Crippen molar-refractivity contribution in [2.75, 3.05) is 26.4 Å². The summed E-state index contributed by atoms with van der Waals surface area (Å²) in [6, 6.07) is 0. The van der Waals surface area contributed by atoms with Gasteiger partial charge in [0.1, 0.15) is 67.1 Å². The molecule has 0 aromatic heterocycles. The first kappa shape index (κ1) is 47.9. The molecule has 4 aliphatic rings. The molecule has 18 atom stereocenters. The van der Waals surface area contributed by atoms with E-state index in [4.69, 9.17) is 47.4 Å². The highest BCUT2D eigenvalue weighted by Gasteiger charge is 2.57. The van der Waals surface area contributed by atoms with Crippen LogP contribution in [0.5, 0.6) is 0 Å². The Labute approximate surface area is 327 Å². The van der Waals surface area contributed by atoms with Gasteiger partial charge in [0.05, 0.1) is 55.9 Å². The number of ether oxygens (including phenoxy) is 10. The molecule has 10 N–H and O–H groups in total. The molecule has 17 unspecified atom stereocenters. The number of aliphatic hydroxyl groups is 10. The van der Waals surface area contributed by atoms with Crippen LogP contribution in [0.1, 0.15) is 68.7 Å². The molecule has 0 bridgehead atoms. The highest BCUT2D eigenvalue weighted by molar-refractivity contribution is 5.01. The fraction of sp³-hybridized carbons (Fsp3) is 1.00. The summed E-state index contributed by atoms with van der Waals surface area (Å²) in [6.07, 6.45) is -24.2. The Bertz CT molecular complexity index is 1190. The summed E-state index contributed by atoms with van der Waals surface area (Å²) in [5.74, 6) is -2.32. The van der Waals surface area contributed by atoms with Crippen LogP contribution in [0.2, 0.25) is 0 Å². The minimum Gasteiger partial charge on any atom is -0.394 e. The van der Waals surface area contributed by atoms with Crippen molar-refractivity contribution in [1.82, 2.24) is 0 Å². The second-order valence-electron chi connectivity index (χ2n) is 17.4. The van der Waals surface area contributed by atoms with E-state index < -0.39 is 153 Å². The summed E-state index contributed by atoms with van der Waals surface area (Å²) in [6.45, 7) is 12.8. The molecule has 20 heteroatoms. The highest BCUT2D eigenvalue weighted by atomic mass is 16.8. The van der Waals surface area contributed by atoms with Gasteiger partial charge in [0.25, 0.3) is 0 Å². The molecule has 0 spiro atoms. The molecule has 4 fully saturated rings. The van der Waals surface area contributed by atoms with Crippen LogP contribution in [0.4, 0.5) is 0 Å². The van der Waals surface area contributed by atoms with Gasteiger partial charge in [-0.05, 0) is 68.7 Å². The van der Waals surface area contributed by atoms with E-state index in [0.717, 1.165) is 0 Å². The van der Waals surface area contributed by atoms with Crippen LogP contribution in [0.25, 0.3) is 0 Å². The van der Waals surface area contributed by atoms with Crippen molar-refractivity contribution in [1.29, 1.82) is 0 Å². The van der Waals surface area contributed by atoms with Crippen LogP contribution < -0.4 is 0 Å². The zero-order chi connectivity index (χ0) is 42.1. The van der Waals surface area contributed by atoms with Crippen molar-refractivity contribution in [3.8, 4) is 0 Å². The van der Waals surface area contributed by atoms with Crippen molar-refractivity contribution in [3.05, 3.63) is 0 Å². The Hall–Kier alpha value is -0.800. The maximum absolute atomic E-state index is 11.5. The third-order valence-electron chi connectivity index (χ3n) is 9.85. The van der Waals surface area contributed by atoms with E-state index >= 15 is 0 Å². The molecule has 0 aromatic carbocycles. The second-order valence-corrected chi connectivity index (χ2v) is 17.4. The van der Waals surface area contributed by atoms with Crippen molar-refractivity contribution in [3.63, 3.8) is 0 Å². The van der Waals surface area contributed by atoms with Crippen molar-refractivity contribution < 1.29 is 98.4 Å². The van der Waals surface area contributed by atoms with E-state index in [0.29, 0.717) is 0 Å². The predicted octanol–water partition coefficient (Wildman–Crippen LogP) is -3.05. The maximum atomic E-state index is 11.5. The van der Waals surface area contributed by atoms with Gasteiger partial charge < -0.3 is 98.4 Å². The Balaban J connectivity index is 1.50. The summed E-state index contributed by atoms with van der Waals surface area (Å²) >= 11 is 0. The summed E-state index contributed by atoms with van der Waals surface area (Å²) in [4.78, 5) is 0. The van der Waals surface area contributed by atoms with Crippen LogP contribution in [0, 0.1) is 5.92 Å². The molecule has 4 saturated heterocycles. The third-order valence-corrected chi connectivity index (χ3v) is 9.85. The van der Waals surface area contributed by atoms with Gasteiger partial charge in [-0.1, -0.05) is 0 Å². The van der Waals surface area contributed by atoms with E-state index in [2.05, 4.69) is 0 Å². The molecule has 4 rings (SSSR count). The maximum Gasteiger partial charge on any atom is 0.209 e. The highest BCUT2D eigenvalue weighted by Crippen LogP contribution is 2.41. The van der Waals surface area contributed by atoms with Crippen LogP contribution in [-0.2, 0) is 47.4 Å². The standard InChI is InChI=1S/C36H66O20/c1-15(39)20(52-33(30(45)46)56-35(5,6)7)13-47-31-23(41)16(22(40)18(11-37)50-31)10-17-24(42)29-27(54-36(8,9)55-29)21(49-17)14-48-32-26(44)28(53-34(2,3)4)25(43)19(12-38)51-32/h15-33,37-46H,10-14H2,1-9H3/t15-,16?,17?,18?,19?,20?,21?,22?,23?,24?,25?,26?,27?,28?,29?,31?,32?,33?/m0/s1. The Morgan fingerprint density at radius 2 is 1.23 bits per heavy atom. The first-order chi connectivity index (χ1) is 25.9. The number of aliphatic hydroxyl groups excluding tert-OH is 9. The molecule has 330 valence electrons. The van der Waals surface area contributed by atoms with Gasteiger partial charge in [-0.25, -0.2) is 0 Å². The summed E-state index contributed by atoms with van der Waals surface area (Å²) < 4.78 is 58.7. The van der Waals surface area contributed by atoms with E-state index in [1.165, 1.54) is 6.92 Å². The topological polar surface area (TPSA) is 295 Å². The molecular formula is C36H66O20. The van der Waals surface area contributed by atoms with Crippen molar-refractivity contribution >= 4 is 0 Å². The van der Waals surface area contributed by atoms with Gasteiger partial charge in [0.15, 0.2) is 18.4 Å². The quantitative estimate of drug-likeness (QED) is 0.0693. The normalized spacial score (nSPS) is 41.0. The largest absolute Gasteiger partial charge is 0.394 e. The Kier molecular flexibility index (Phi) is 16.5. The van der Waals surface area contributed by atoms with Gasteiger partial charge in [-0.15, -0.1) is 0 Å². The number of hydrogen-bond acceptors (Lipinski definition) is 20. The average molecular weight is 819 g/mol. The zero-order valence-electron chi connectivity index (χ0n) is 33.6. The Morgan fingerprint density at radius 3 is 1.77 bits per heavy atom. The zero-order valence-corrected chi connectivity index (χ0v) is 33.6. The fourth-order valence-corrected chi connectivity index (χ4v) is 7.23. The second kappa shape index (κ2) is 19.3. The molecule has 0 amide bonds.